The van der Waals surface area contributed by atoms with Crippen LogP contribution in [0.1, 0.15) is 26.7 Å². The predicted molar refractivity (Wildman–Crippen MR) is 36.3 cm³/mol. The van der Waals surface area contributed by atoms with Gasteiger partial charge in [0.15, 0.2) is 0 Å². The van der Waals surface area contributed by atoms with Gasteiger partial charge in [-0.1, -0.05) is 6.92 Å². The summed E-state index contributed by atoms with van der Waals surface area (Å²) < 4.78 is 0. The number of carbonyl (C=O) groups is 1. The summed E-state index contributed by atoms with van der Waals surface area (Å²) in [7, 11) is 0. The van der Waals surface area contributed by atoms with Crippen molar-refractivity contribution in [2.24, 2.45) is 5.41 Å². The number of aliphatic carboxylic acids is 1. The normalized spacial score (nSPS) is 15.3. The van der Waals surface area contributed by atoms with Crippen molar-refractivity contribution in [2.75, 3.05) is 0 Å². The molecule has 0 saturated carbocycles. The quantitative estimate of drug-likeness (QED) is 0.646. The SMILES string of the molecule is CCC(C)(C#N)CC(=O)O. The van der Waals surface area contributed by atoms with Gasteiger partial charge in [0.25, 0.3) is 0 Å². The van der Waals surface area contributed by atoms with Gasteiger partial charge in [-0.05, 0) is 13.3 Å². The Morgan fingerprint density at radius 1 is 1.80 bits per heavy atom. The summed E-state index contributed by atoms with van der Waals surface area (Å²) in [5, 5.41) is 16.9. The minimum Gasteiger partial charge on any atom is -0.481 e. The van der Waals surface area contributed by atoms with Crippen LogP contribution in [0.2, 0.25) is 0 Å². The van der Waals surface area contributed by atoms with Crippen LogP contribution in [-0.4, -0.2) is 11.1 Å². The summed E-state index contributed by atoms with van der Waals surface area (Å²) in [6.07, 6.45) is 0.510. The molecular weight excluding hydrogens is 130 g/mol. The fourth-order valence-electron chi connectivity index (χ4n) is 0.577. The van der Waals surface area contributed by atoms with Crippen LogP contribution in [0.15, 0.2) is 0 Å². The van der Waals surface area contributed by atoms with Gasteiger partial charge < -0.3 is 5.11 Å². The Morgan fingerprint density at radius 3 is 2.40 bits per heavy atom. The maximum absolute atomic E-state index is 10.2. The van der Waals surface area contributed by atoms with Crippen LogP contribution in [0, 0.1) is 16.7 Å². The fourth-order valence-corrected chi connectivity index (χ4v) is 0.577. The van der Waals surface area contributed by atoms with Crippen molar-refractivity contribution in [3.63, 3.8) is 0 Å². The van der Waals surface area contributed by atoms with E-state index in [-0.39, 0.29) is 6.42 Å². The summed E-state index contributed by atoms with van der Waals surface area (Å²) in [5.74, 6) is -0.911. The van der Waals surface area contributed by atoms with E-state index in [2.05, 4.69) is 0 Å². The second-order valence-electron chi connectivity index (χ2n) is 2.60. The van der Waals surface area contributed by atoms with Crippen LogP contribution < -0.4 is 0 Å². The van der Waals surface area contributed by atoms with Gasteiger partial charge in [-0.3, -0.25) is 4.79 Å². The number of carboxylic acids is 1. The average Bonchev–Trinajstić information content (AvgIpc) is 1.87. The lowest BCUT2D eigenvalue weighted by molar-refractivity contribution is -0.138. The van der Waals surface area contributed by atoms with Gasteiger partial charge in [0.1, 0.15) is 0 Å². The molecule has 0 aromatic rings. The first kappa shape index (κ1) is 8.96. The van der Waals surface area contributed by atoms with Crippen molar-refractivity contribution in [3.05, 3.63) is 0 Å². The Labute approximate surface area is 60.3 Å². The predicted octanol–water partition coefficient (Wildman–Crippen LogP) is 1.40. The number of rotatable bonds is 3. The van der Waals surface area contributed by atoms with Crippen LogP contribution in [0.3, 0.4) is 0 Å². The van der Waals surface area contributed by atoms with Gasteiger partial charge in [-0.25, -0.2) is 0 Å². The summed E-state index contributed by atoms with van der Waals surface area (Å²) in [4.78, 5) is 10.2. The van der Waals surface area contributed by atoms with E-state index in [1.165, 1.54) is 0 Å². The van der Waals surface area contributed by atoms with Crippen molar-refractivity contribution < 1.29 is 9.90 Å². The summed E-state index contributed by atoms with van der Waals surface area (Å²) in [6.45, 7) is 3.47. The van der Waals surface area contributed by atoms with Gasteiger partial charge in [0, 0.05) is 0 Å². The first-order chi connectivity index (χ1) is 4.54. The molecule has 0 amide bonds. The molecule has 0 rings (SSSR count). The van der Waals surface area contributed by atoms with Crippen molar-refractivity contribution in [1.82, 2.24) is 0 Å². The third kappa shape index (κ3) is 2.49. The molecule has 0 heterocycles. The van der Waals surface area contributed by atoms with E-state index in [1.54, 1.807) is 6.92 Å². The third-order valence-corrected chi connectivity index (χ3v) is 1.59. The lowest BCUT2D eigenvalue weighted by atomic mass is 9.86. The van der Waals surface area contributed by atoms with Crippen molar-refractivity contribution in [1.29, 1.82) is 5.26 Å². The molecule has 0 aromatic carbocycles. The number of hydrogen-bond donors (Lipinski definition) is 1. The minimum atomic E-state index is -0.911. The van der Waals surface area contributed by atoms with E-state index in [0.29, 0.717) is 6.42 Å². The van der Waals surface area contributed by atoms with Crippen molar-refractivity contribution in [3.8, 4) is 6.07 Å². The molecule has 0 aliphatic heterocycles. The zero-order valence-corrected chi connectivity index (χ0v) is 6.22. The summed E-state index contributed by atoms with van der Waals surface area (Å²) in [5.41, 5.74) is -0.689. The third-order valence-electron chi connectivity index (χ3n) is 1.59. The number of nitrogens with zero attached hydrogens (tertiary/aromatic N) is 1. The molecule has 1 atom stereocenters. The Kier molecular flexibility index (Phi) is 2.88. The topological polar surface area (TPSA) is 61.1 Å². The monoisotopic (exact) mass is 141 g/mol. The molecule has 1 unspecified atom stereocenters. The van der Waals surface area contributed by atoms with Crippen molar-refractivity contribution >= 4 is 5.97 Å². The molecule has 0 radical (unpaired) electrons. The summed E-state index contributed by atoms with van der Waals surface area (Å²) >= 11 is 0. The lowest BCUT2D eigenvalue weighted by Gasteiger charge is -2.15. The molecule has 0 fully saturated rings. The molecule has 0 saturated heterocycles. The molecule has 56 valence electrons. The molecule has 0 spiro atoms. The van der Waals surface area contributed by atoms with E-state index in [0.717, 1.165) is 0 Å². The van der Waals surface area contributed by atoms with E-state index >= 15 is 0 Å². The van der Waals surface area contributed by atoms with E-state index in [9.17, 15) is 4.79 Å². The smallest absolute Gasteiger partial charge is 0.304 e. The molecule has 0 aliphatic rings. The standard InChI is InChI=1S/C7H11NO2/c1-3-7(2,5-8)4-6(9)10/h3-4H2,1-2H3,(H,9,10). The average molecular weight is 141 g/mol. The Balaban J connectivity index is 4.10. The first-order valence-electron chi connectivity index (χ1n) is 3.17. The Bertz CT molecular complexity index is 171. The molecule has 0 aromatic heterocycles. The highest BCUT2D eigenvalue weighted by atomic mass is 16.4. The molecular formula is C7H11NO2. The molecule has 10 heavy (non-hydrogen) atoms. The van der Waals surface area contributed by atoms with Gasteiger partial charge in [-0.15, -0.1) is 0 Å². The second-order valence-corrected chi connectivity index (χ2v) is 2.60. The second kappa shape index (κ2) is 3.21. The highest BCUT2D eigenvalue weighted by Gasteiger charge is 2.24. The van der Waals surface area contributed by atoms with E-state index in [1.807, 2.05) is 13.0 Å². The van der Waals surface area contributed by atoms with Crippen LogP contribution in [0.4, 0.5) is 0 Å². The van der Waals surface area contributed by atoms with E-state index in [4.69, 9.17) is 10.4 Å². The van der Waals surface area contributed by atoms with Gasteiger partial charge in [-0.2, -0.15) is 5.26 Å². The maximum Gasteiger partial charge on any atom is 0.304 e. The number of nitriles is 1. The van der Waals surface area contributed by atoms with E-state index < -0.39 is 11.4 Å². The molecule has 3 heteroatoms. The number of hydrogen-bond acceptors (Lipinski definition) is 2. The van der Waals surface area contributed by atoms with Crippen LogP contribution in [0.5, 0.6) is 0 Å². The zero-order chi connectivity index (χ0) is 8.20. The molecule has 3 nitrogen and oxygen atoms in total. The Morgan fingerprint density at radius 2 is 2.30 bits per heavy atom. The number of carboxylic acid groups (broad SMARTS) is 1. The van der Waals surface area contributed by atoms with Gasteiger partial charge in [0.05, 0.1) is 17.9 Å². The van der Waals surface area contributed by atoms with Crippen LogP contribution in [0.25, 0.3) is 0 Å². The summed E-state index contributed by atoms with van der Waals surface area (Å²) in [6, 6.07) is 1.98. The van der Waals surface area contributed by atoms with Crippen LogP contribution >= 0.6 is 0 Å². The zero-order valence-electron chi connectivity index (χ0n) is 6.22. The molecule has 0 bridgehead atoms. The maximum atomic E-state index is 10.2. The minimum absolute atomic E-state index is 0.0694. The first-order valence-corrected chi connectivity index (χ1v) is 3.17. The molecule has 0 aliphatic carbocycles. The fraction of sp³-hybridized carbons (Fsp3) is 0.714. The highest BCUT2D eigenvalue weighted by Crippen LogP contribution is 2.23. The Hall–Kier alpha value is -1.04. The largest absolute Gasteiger partial charge is 0.481 e. The molecule has 1 N–H and O–H groups in total. The van der Waals surface area contributed by atoms with Gasteiger partial charge in [0.2, 0.25) is 0 Å². The van der Waals surface area contributed by atoms with Gasteiger partial charge >= 0.3 is 5.97 Å². The van der Waals surface area contributed by atoms with Crippen LogP contribution in [-0.2, 0) is 4.79 Å². The van der Waals surface area contributed by atoms with Crippen molar-refractivity contribution in [2.45, 2.75) is 26.7 Å². The lowest BCUT2D eigenvalue weighted by Crippen LogP contribution is -2.17. The highest BCUT2D eigenvalue weighted by molar-refractivity contribution is 5.68.